The van der Waals surface area contributed by atoms with Crippen LogP contribution in [-0.2, 0) is 0 Å². The lowest BCUT2D eigenvalue weighted by atomic mass is 9.94. The molecule has 0 atom stereocenters. The first-order chi connectivity index (χ1) is 33.7. The van der Waals surface area contributed by atoms with Crippen LogP contribution in [0.25, 0.3) is 104 Å². The first-order valence-corrected chi connectivity index (χ1v) is 23.4. The van der Waals surface area contributed by atoms with Gasteiger partial charge in [-0.15, -0.1) is 0 Å². The van der Waals surface area contributed by atoms with Crippen molar-refractivity contribution in [3.8, 4) is 50.2 Å². The topological polar surface area (TPSA) is 8.17 Å². The molecule has 0 saturated carbocycles. The van der Waals surface area contributed by atoms with E-state index in [-0.39, 0.29) is 0 Å². The molecule has 318 valence electrons. The highest BCUT2D eigenvalue weighted by Gasteiger charge is 2.18. The Hall–Kier alpha value is -8.98. The molecule has 13 rings (SSSR count). The average Bonchev–Trinajstić information content (AvgIpc) is 3.76. The number of nitrogens with zero attached hydrogens (tertiary/aromatic N) is 2. The fourth-order valence-electron chi connectivity index (χ4n) is 10.4. The Labute approximate surface area is 395 Å². The van der Waals surface area contributed by atoms with E-state index in [9.17, 15) is 0 Å². The van der Waals surface area contributed by atoms with Crippen LogP contribution in [0, 0.1) is 0 Å². The molecule has 0 aliphatic heterocycles. The fraction of sp³-hybridized carbons (Fsp3) is 0. The number of hydrogen-bond acceptors (Lipinski definition) is 1. The molecule has 0 radical (unpaired) electrons. The monoisotopic (exact) mass is 864 g/mol. The third kappa shape index (κ3) is 6.82. The van der Waals surface area contributed by atoms with Gasteiger partial charge in [-0.2, -0.15) is 0 Å². The van der Waals surface area contributed by atoms with Crippen molar-refractivity contribution in [2.24, 2.45) is 0 Å². The van der Waals surface area contributed by atoms with Crippen LogP contribution in [0.3, 0.4) is 0 Å². The summed E-state index contributed by atoms with van der Waals surface area (Å²) < 4.78 is 2.44. The van der Waals surface area contributed by atoms with Gasteiger partial charge < -0.3 is 9.47 Å². The Morgan fingerprint density at radius 1 is 0.250 bits per heavy atom. The lowest BCUT2D eigenvalue weighted by Crippen LogP contribution is -2.09. The van der Waals surface area contributed by atoms with Gasteiger partial charge in [0.1, 0.15) is 0 Å². The molecule has 0 spiro atoms. The molecule has 0 unspecified atom stereocenters. The van der Waals surface area contributed by atoms with Gasteiger partial charge in [0, 0.05) is 38.9 Å². The summed E-state index contributed by atoms with van der Waals surface area (Å²) in [6.07, 6.45) is 0. The van der Waals surface area contributed by atoms with Gasteiger partial charge >= 0.3 is 0 Å². The maximum atomic E-state index is 2.44. The molecule has 68 heavy (non-hydrogen) atoms. The van der Waals surface area contributed by atoms with Crippen LogP contribution in [0.2, 0.25) is 0 Å². The summed E-state index contributed by atoms with van der Waals surface area (Å²) in [4.78, 5) is 2.37. The second kappa shape index (κ2) is 16.5. The molecular formula is C66H44N2. The van der Waals surface area contributed by atoms with Crippen LogP contribution >= 0.6 is 0 Å². The van der Waals surface area contributed by atoms with Crippen molar-refractivity contribution in [1.29, 1.82) is 0 Å². The first-order valence-electron chi connectivity index (χ1n) is 23.4. The van der Waals surface area contributed by atoms with Gasteiger partial charge in [-0.3, -0.25) is 0 Å². The Kier molecular flexibility index (Phi) is 9.54. The van der Waals surface area contributed by atoms with Crippen molar-refractivity contribution >= 4 is 71.2 Å². The Bertz CT molecular complexity index is 3980. The van der Waals surface area contributed by atoms with Gasteiger partial charge in [-0.1, -0.05) is 206 Å². The molecule has 2 nitrogen and oxygen atoms in total. The number of fused-ring (bicyclic) bond motifs is 8. The van der Waals surface area contributed by atoms with Gasteiger partial charge in [0.15, 0.2) is 0 Å². The number of hydrogen-bond donors (Lipinski definition) is 0. The maximum absolute atomic E-state index is 2.44. The van der Waals surface area contributed by atoms with Crippen molar-refractivity contribution < 1.29 is 0 Å². The summed E-state index contributed by atoms with van der Waals surface area (Å²) in [6, 6.07) is 97.4. The number of para-hydroxylation sites is 1. The van der Waals surface area contributed by atoms with E-state index in [1.54, 1.807) is 0 Å². The van der Waals surface area contributed by atoms with Gasteiger partial charge in [-0.05, 0) is 132 Å². The van der Waals surface area contributed by atoms with Gasteiger partial charge in [0.05, 0.1) is 11.0 Å². The molecule has 0 aliphatic rings. The first kappa shape index (κ1) is 39.4. The second-order valence-corrected chi connectivity index (χ2v) is 17.7. The van der Waals surface area contributed by atoms with Crippen LogP contribution in [0.15, 0.2) is 267 Å². The van der Waals surface area contributed by atoms with Crippen LogP contribution in [0.1, 0.15) is 0 Å². The highest BCUT2D eigenvalue weighted by molar-refractivity contribution is 6.19. The smallest absolute Gasteiger partial charge is 0.0619 e. The lowest BCUT2D eigenvalue weighted by molar-refractivity contribution is 1.19. The van der Waals surface area contributed by atoms with E-state index in [1.807, 2.05) is 0 Å². The number of anilines is 3. The number of aromatic nitrogens is 1. The van der Waals surface area contributed by atoms with Gasteiger partial charge in [0.2, 0.25) is 0 Å². The third-order valence-electron chi connectivity index (χ3n) is 13.8. The molecule has 0 fully saturated rings. The molecule has 12 aromatic carbocycles. The summed E-state index contributed by atoms with van der Waals surface area (Å²) in [5.41, 5.74) is 16.4. The fourth-order valence-corrected chi connectivity index (χ4v) is 10.4. The molecule has 0 amide bonds. The molecule has 0 saturated heterocycles. The number of rotatable bonds is 8. The largest absolute Gasteiger partial charge is 0.311 e. The highest BCUT2D eigenvalue weighted by Crippen LogP contribution is 2.42. The molecule has 13 aromatic rings. The molecule has 0 N–H and O–H groups in total. The van der Waals surface area contributed by atoms with Crippen molar-refractivity contribution in [3.63, 3.8) is 0 Å². The zero-order valence-electron chi connectivity index (χ0n) is 37.3. The normalized spacial score (nSPS) is 11.5. The van der Waals surface area contributed by atoms with Gasteiger partial charge in [-0.25, -0.2) is 0 Å². The lowest BCUT2D eigenvalue weighted by Gasteiger charge is -2.26. The summed E-state index contributed by atoms with van der Waals surface area (Å²) in [7, 11) is 0. The van der Waals surface area contributed by atoms with E-state index in [0.29, 0.717) is 0 Å². The van der Waals surface area contributed by atoms with Crippen LogP contribution in [-0.4, -0.2) is 4.57 Å². The zero-order chi connectivity index (χ0) is 45.0. The summed E-state index contributed by atoms with van der Waals surface area (Å²) in [5.74, 6) is 0. The maximum Gasteiger partial charge on any atom is 0.0619 e. The van der Waals surface area contributed by atoms with Crippen molar-refractivity contribution in [1.82, 2.24) is 4.57 Å². The molecule has 1 aromatic heterocycles. The standard InChI is InChI=1S/C66H44N2/c1-3-13-47(14-4-1)58-19-11-12-20-59(58)50-31-39-57(40-32-50)67(55-35-27-45(28-36-55)52-26-25-51-24-23-48-15-7-9-21-60(48)64(51)43-52)56-37-29-46(30-38-56)53-34-41-62-63-42-33-49-16-8-10-22-61(49)66(63)68(65(62)44-53)54-17-5-2-6-18-54/h1-44H. The van der Waals surface area contributed by atoms with E-state index < -0.39 is 0 Å². The van der Waals surface area contributed by atoms with Crippen molar-refractivity contribution in [2.45, 2.75) is 0 Å². The molecule has 1 heterocycles. The highest BCUT2D eigenvalue weighted by atomic mass is 15.1. The Morgan fingerprint density at radius 2 is 0.676 bits per heavy atom. The number of benzene rings is 12. The van der Waals surface area contributed by atoms with Crippen LogP contribution in [0.5, 0.6) is 0 Å². The van der Waals surface area contributed by atoms with E-state index >= 15 is 0 Å². The quantitative estimate of drug-likeness (QED) is 0.138. The SMILES string of the molecule is c1ccc(-c2ccccc2-c2ccc(N(c3ccc(-c4ccc5ccc6ccccc6c5c4)cc3)c3ccc(-c4ccc5c6ccc7ccccc7c6n(-c6ccccc6)c5c4)cc3)cc2)cc1. The zero-order valence-corrected chi connectivity index (χ0v) is 37.3. The van der Waals surface area contributed by atoms with Gasteiger partial charge in [0.25, 0.3) is 0 Å². The van der Waals surface area contributed by atoms with Crippen molar-refractivity contribution in [3.05, 3.63) is 267 Å². The van der Waals surface area contributed by atoms with E-state index in [2.05, 4.69) is 276 Å². The van der Waals surface area contributed by atoms with Crippen molar-refractivity contribution in [2.75, 3.05) is 4.90 Å². The Morgan fingerprint density at radius 3 is 1.32 bits per heavy atom. The average molecular weight is 865 g/mol. The van der Waals surface area contributed by atoms with Crippen LogP contribution < -0.4 is 4.90 Å². The minimum absolute atomic E-state index is 1.09. The molecule has 0 bridgehead atoms. The van der Waals surface area contributed by atoms with E-state index in [0.717, 1.165) is 28.3 Å². The van der Waals surface area contributed by atoms with E-state index in [1.165, 1.54) is 93.1 Å². The Balaban J connectivity index is 0.904. The van der Waals surface area contributed by atoms with Crippen LogP contribution in [0.4, 0.5) is 17.1 Å². The van der Waals surface area contributed by atoms with E-state index in [4.69, 9.17) is 0 Å². The minimum atomic E-state index is 1.09. The summed E-state index contributed by atoms with van der Waals surface area (Å²) in [5, 5.41) is 10.1. The molecular weight excluding hydrogens is 821 g/mol. The predicted octanol–water partition coefficient (Wildman–Crippen LogP) is 18.4. The molecule has 2 heteroatoms. The second-order valence-electron chi connectivity index (χ2n) is 17.7. The predicted molar refractivity (Wildman–Crippen MR) is 290 cm³/mol. The third-order valence-corrected chi connectivity index (χ3v) is 13.8. The molecule has 0 aliphatic carbocycles. The summed E-state index contributed by atoms with van der Waals surface area (Å²) in [6.45, 7) is 0. The minimum Gasteiger partial charge on any atom is -0.311 e. The summed E-state index contributed by atoms with van der Waals surface area (Å²) >= 11 is 0.